The Morgan fingerprint density at radius 1 is 1.29 bits per heavy atom. The summed E-state index contributed by atoms with van der Waals surface area (Å²) in [4.78, 5) is 11.8. The summed E-state index contributed by atoms with van der Waals surface area (Å²) in [6.07, 6.45) is 8.60. The Balaban J connectivity index is 1.63. The van der Waals surface area contributed by atoms with Gasteiger partial charge >= 0.3 is 0 Å². The lowest BCUT2D eigenvalue weighted by molar-refractivity contribution is -0.643. The van der Waals surface area contributed by atoms with Crippen LogP contribution in [0, 0.1) is 0 Å². The van der Waals surface area contributed by atoms with Crippen molar-refractivity contribution in [1.29, 1.82) is 0 Å². The van der Waals surface area contributed by atoms with Crippen LogP contribution < -0.4 is 15.4 Å². The molecule has 4 nitrogen and oxygen atoms in total. The first-order valence-electron chi connectivity index (χ1n) is 7.71. The highest BCUT2D eigenvalue weighted by Gasteiger charge is 2.07. The summed E-state index contributed by atoms with van der Waals surface area (Å²) in [6.45, 7) is 1.46. The fourth-order valence-corrected chi connectivity index (χ4v) is 2.54. The second-order valence-electron chi connectivity index (χ2n) is 5.42. The molecule has 0 aromatic heterocycles. The Hall–Kier alpha value is -1.81. The molecule has 1 aliphatic carbocycles. The minimum absolute atomic E-state index is 0.0396. The molecule has 21 heavy (non-hydrogen) atoms. The highest BCUT2D eigenvalue weighted by molar-refractivity contribution is 5.91. The molecule has 0 aliphatic heterocycles. The number of allylic oxidation sites excluding steroid dienone is 1. The first kappa shape index (κ1) is 15.6. The number of hydrogen-bond donors (Lipinski definition) is 2. The second-order valence-corrected chi connectivity index (χ2v) is 5.42. The number of nitrogens with one attached hydrogen (secondary N) is 1. The number of nitrogens with two attached hydrogens (primary N) is 1. The van der Waals surface area contributed by atoms with E-state index in [1.165, 1.54) is 25.7 Å². The summed E-state index contributed by atoms with van der Waals surface area (Å²) >= 11 is 0. The Morgan fingerprint density at radius 3 is 2.76 bits per heavy atom. The molecular weight excluding hydrogens is 264 g/mol. The minimum atomic E-state index is 0.0396. The van der Waals surface area contributed by atoms with Gasteiger partial charge in [0.05, 0.1) is 13.7 Å². The second kappa shape index (κ2) is 8.47. The Labute approximate surface area is 126 Å². The van der Waals surface area contributed by atoms with E-state index in [4.69, 9.17) is 4.74 Å². The number of ether oxygens (including phenoxy) is 1. The number of quaternary nitrogens is 1. The third kappa shape index (κ3) is 5.60. The maximum atomic E-state index is 11.8. The molecule has 114 valence electrons. The number of carbonyl (C=O) groups excluding carboxylic acids is 1. The highest BCUT2D eigenvalue weighted by Crippen LogP contribution is 2.18. The lowest BCUT2D eigenvalue weighted by Crippen LogP contribution is -2.86. The van der Waals surface area contributed by atoms with Crippen LogP contribution in [-0.4, -0.2) is 26.1 Å². The normalized spacial score (nSPS) is 14.4. The maximum absolute atomic E-state index is 11.8. The highest BCUT2D eigenvalue weighted by atomic mass is 16.5. The first-order chi connectivity index (χ1) is 10.3. The largest absolute Gasteiger partial charge is 0.497 e. The summed E-state index contributed by atoms with van der Waals surface area (Å²) in [5.41, 5.74) is 2.37. The van der Waals surface area contributed by atoms with Crippen LogP contribution in [0.1, 0.15) is 32.1 Å². The number of benzene rings is 1. The summed E-state index contributed by atoms with van der Waals surface area (Å²) in [6, 6.07) is 7.39. The number of amides is 1. The molecule has 3 N–H and O–H groups in total. The molecule has 0 fully saturated rings. The van der Waals surface area contributed by atoms with Gasteiger partial charge in [-0.1, -0.05) is 11.6 Å². The van der Waals surface area contributed by atoms with Crippen molar-refractivity contribution in [3.63, 3.8) is 0 Å². The summed E-state index contributed by atoms with van der Waals surface area (Å²) in [5.74, 6) is 0.832. The van der Waals surface area contributed by atoms with E-state index in [2.05, 4.69) is 16.7 Å². The minimum Gasteiger partial charge on any atom is -0.497 e. The van der Waals surface area contributed by atoms with Crippen molar-refractivity contribution >= 4 is 11.6 Å². The maximum Gasteiger partial charge on any atom is 0.279 e. The zero-order chi connectivity index (χ0) is 14.9. The molecule has 1 aromatic carbocycles. The molecule has 0 atom stereocenters. The molecule has 1 amide bonds. The van der Waals surface area contributed by atoms with E-state index in [9.17, 15) is 4.79 Å². The van der Waals surface area contributed by atoms with Gasteiger partial charge in [-0.2, -0.15) is 0 Å². The van der Waals surface area contributed by atoms with Crippen LogP contribution in [0.25, 0.3) is 0 Å². The molecule has 0 radical (unpaired) electrons. The predicted octanol–water partition coefficient (Wildman–Crippen LogP) is 2.09. The molecule has 0 saturated carbocycles. The van der Waals surface area contributed by atoms with Crippen molar-refractivity contribution in [3.05, 3.63) is 35.9 Å². The molecule has 4 heteroatoms. The van der Waals surface area contributed by atoms with Gasteiger partial charge in [0, 0.05) is 12.1 Å². The van der Waals surface area contributed by atoms with Crippen LogP contribution >= 0.6 is 0 Å². The zero-order valence-corrected chi connectivity index (χ0v) is 12.7. The molecule has 0 saturated heterocycles. The number of anilines is 1. The van der Waals surface area contributed by atoms with E-state index in [1.54, 1.807) is 12.7 Å². The third-order valence-corrected chi connectivity index (χ3v) is 3.76. The fourth-order valence-electron chi connectivity index (χ4n) is 2.54. The van der Waals surface area contributed by atoms with Crippen molar-refractivity contribution in [2.45, 2.75) is 32.1 Å². The van der Waals surface area contributed by atoms with E-state index in [0.29, 0.717) is 6.54 Å². The van der Waals surface area contributed by atoms with E-state index in [-0.39, 0.29) is 5.91 Å². The van der Waals surface area contributed by atoms with Crippen molar-refractivity contribution < 1.29 is 14.8 Å². The Morgan fingerprint density at radius 2 is 2.10 bits per heavy atom. The van der Waals surface area contributed by atoms with E-state index < -0.39 is 0 Å². The predicted molar refractivity (Wildman–Crippen MR) is 84.5 cm³/mol. The monoisotopic (exact) mass is 289 g/mol. The average Bonchev–Trinajstić information content (AvgIpc) is 2.53. The Kier molecular flexibility index (Phi) is 6.28. The Bertz CT molecular complexity index is 480. The van der Waals surface area contributed by atoms with Gasteiger partial charge in [0.2, 0.25) is 0 Å². The molecular formula is C17H25N2O2+. The fraction of sp³-hybridized carbons (Fsp3) is 0.471. The van der Waals surface area contributed by atoms with Gasteiger partial charge < -0.3 is 15.4 Å². The first-order valence-corrected chi connectivity index (χ1v) is 7.71. The van der Waals surface area contributed by atoms with Crippen LogP contribution in [0.15, 0.2) is 35.9 Å². The van der Waals surface area contributed by atoms with Gasteiger partial charge in [-0.05, 0) is 49.9 Å². The van der Waals surface area contributed by atoms with Crippen molar-refractivity contribution in [3.8, 4) is 5.75 Å². The number of rotatable bonds is 7. The van der Waals surface area contributed by atoms with Crippen molar-refractivity contribution in [1.82, 2.24) is 0 Å². The quantitative estimate of drug-likeness (QED) is 0.596. The molecule has 0 heterocycles. The lowest BCUT2D eigenvalue weighted by atomic mass is 9.97. The van der Waals surface area contributed by atoms with Crippen molar-refractivity contribution in [2.75, 3.05) is 25.5 Å². The van der Waals surface area contributed by atoms with E-state index in [0.717, 1.165) is 24.4 Å². The number of carbonyl (C=O) groups is 1. The van der Waals surface area contributed by atoms with Crippen LogP contribution in [-0.2, 0) is 4.79 Å². The van der Waals surface area contributed by atoms with Gasteiger partial charge in [0.15, 0.2) is 6.54 Å². The zero-order valence-electron chi connectivity index (χ0n) is 12.7. The molecule has 0 spiro atoms. The van der Waals surface area contributed by atoms with Crippen LogP contribution in [0.3, 0.4) is 0 Å². The topological polar surface area (TPSA) is 54.9 Å². The van der Waals surface area contributed by atoms with Crippen LogP contribution in [0.2, 0.25) is 0 Å². The third-order valence-electron chi connectivity index (χ3n) is 3.76. The van der Waals surface area contributed by atoms with Gasteiger partial charge in [-0.25, -0.2) is 0 Å². The van der Waals surface area contributed by atoms with Crippen molar-refractivity contribution in [2.24, 2.45) is 0 Å². The standard InChI is InChI=1S/C17H24N2O2/c1-21-16-9-7-15(8-10-16)19-17(20)13-18-12-11-14-5-3-2-4-6-14/h5,7-10,18H,2-4,6,11-13H2,1H3,(H,19,20)/p+1. The van der Waals surface area contributed by atoms with E-state index >= 15 is 0 Å². The summed E-state index contributed by atoms with van der Waals surface area (Å²) < 4.78 is 5.09. The molecule has 1 aliphatic rings. The van der Waals surface area contributed by atoms with Crippen LogP contribution in [0.5, 0.6) is 5.75 Å². The van der Waals surface area contributed by atoms with Gasteiger partial charge in [0.1, 0.15) is 5.75 Å². The molecule has 1 aromatic rings. The van der Waals surface area contributed by atoms with Crippen LogP contribution in [0.4, 0.5) is 5.69 Å². The summed E-state index contributed by atoms with van der Waals surface area (Å²) in [7, 11) is 1.63. The molecule has 2 rings (SSSR count). The summed E-state index contributed by atoms with van der Waals surface area (Å²) in [5, 5.41) is 4.97. The number of hydrogen-bond acceptors (Lipinski definition) is 2. The van der Waals surface area contributed by atoms with Gasteiger partial charge in [-0.15, -0.1) is 0 Å². The average molecular weight is 289 g/mol. The van der Waals surface area contributed by atoms with Gasteiger partial charge in [0.25, 0.3) is 5.91 Å². The SMILES string of the molecule is COc1ccc(NC(=O)C[NH2+]CCC2=CCCCC2)cc1. The van der Waals surface area contributed by atoms with Gasteiger partial charge in [-0.3, -0.25) is 4.79 Å². The van der Waals surface area contributed by atoms with E-state index in [1.807, 2.05) is 24.3 Å². The number of methoxy groups -OCH3 is 1. The lowest BCUT2D eigenvalue weighted by Gasteiger charge is -2.11. The molecule has 0 bridgehead atoms. The smallest absolute Gasteiger partial charge is 0.279 e. The molecule has 0 unspecified atom stereocenters.